The van der Waals surface area contributed by atoms with E-state index in [0.29, 0.717) is 6.54 Å². The van der Waals surface area contributed by atoms with Gasteiger partial charge in [0.15, 0.2) is 5.78 Å². The van der Waals surface area contributed by atoms with Crippen LogP contribution in [0.4, 0.5) is 10.1 Å². The molecule has 1 aromatic rings. The Morgan fingerprint density at radius 3 is 2.75 bits per heavy atom. The third kappa shape index (κ3) is 2.08. The number of hydrogen-bond acceptors (Lipinski definition) is 2. The molecule has 86 valence electrons. The first kappa shape index (κ1) is 11.1. The fourth-order valence-electron chi connectivity index (χ4n) is 1.91. The van der Waals surface area contributed by atoms with E-state index >= 15 is 0 Å². The van der Waals surface area contributed by atoms with Crippen molar-refractivity contribution in [1.29, 1.82) is 0 Å². The third-order valence-electron chi connectivity index (χ3n) is 3.27. The van der Waals surface area contributed by atoms with E-state index in [1.807, 2.05) is 24.8 Å². The highest BCUT2D eigenvalue weighted by molar-refractivity contribution is 5.89. The van der Waals surface area contributed by atoms with Gasteiger partial charge >= 0.3 is 0 Å². The number of piperidine rings is 1. The van der Waals surface area contributed by atoms with Crippen LogP contribution in [0.2, 0.25) is 0 Å². The summed E-state index contributed by atoms with van der Waals surface area (Å²) in [4.78, 5) is 13.8. The Balaban J connectivity index is 2.17. The molecule has 0 aliphatic carbocycles. The number of halogens is 1. The van der Waals surface area contributed by atoms with Gasteiger partial charge in [-0.15, -0.1) is 0 Å². The lowest BCUT2D eigenvalue weighted by molar-refractivity contribution is -0.127. The molecule has 0 radical (unpaired) electrons. The van der Waals surface area contributed by atoms with Crippen LogP contribution in [0, 0.1) is 11.2 Å². The molecule has 0 bridgehead atoms. The van der Waals surface area contributed by atoms with Crippen molar-refractivity contribution in [3.63, 3.8) is 0 Å². The number of anilines is 1. The van der Waals surface area contributed by atoms with Crippen molar-refractivity contribution in [2.45, 2.75) is 20.3 Å². The maximum atomic E-state index is 13.1. The van der Waals surface area contributed by atoms with Gasteiger partial charge in [-0.2, -0.15) is 0 Å². The molecule has 1 aliphatic heterocycles. The van der Waals surface area contributed by atoms with Crippen LogP contribution in [0.3, 0.4) is 0 Å². The second kappa shape index (κ2) is 3.89. The van der Waals surface area contributed by atoms with Crippen LogP contribution in [0.25, 0.3) is 0 Å². The number of benzene rings is 1. The zero-order chi connectivity index (χ0) is 11.8. The predicted octanol–water partition coefficient (Wildman–Crippen LogP) is 2.63. The van der Waals surface area contributed by atoms with Gasteiger partial charge < -0.3 is 4.90 Å². The van der Waals surface area contributed by atoms with E-state index in [2.05, 4.69) is 0 Å². The summed E-state index contributed by atoms with van der Waals surface area (Å²) >= 11 is 0. The van der Waals surface area contributed by atoms with E-state index < -0.39 is 0 Å². The summed E-state index contributed by atoms with van der Waals surface area (Å²) in [5, 5.41) is 0. The highest BCUT2D eigenvalue weighted by Crippen LogP contribution is 2.29. The Hall–Kier alpha value is -1.38. The summed E-state index contributed by atoms with van der Waals surface area (Å²) in [5.41, 5.74) is 0.563. The van der Waals surface area contributed by atoms with Crippen molar-refractivity contribution in [3.05, 3.63) is 30.1 Å². The quantitative estimate of drug-likeness (QED) is 0.726. The van der Waals surface area contributed by atoms with Crippen molar-refractivity contribution >= 4 is 11.5 Å². The van der Waals surface area contributed by atoms with Crippen molar-refractivity contribution in [1.82, 2.24) is 0 Å². The number of carbonyl (C=O) groups excluding carboxylic acids is 1. The van der Waals surface area contributed by atoms with Crippen LogP contribution in [0.15, 0.2) is 24.3 Å². The number of carbonyl (C=O) groups is 1. The molecule has 1 aromatic carbocycles. The molecular formula is C13H16FNO. The highest BCUT2D eigenvalue weighted by Gasteiger charge is 2.33. The van der Waals surface area contributed by atoms with Gasteiger partial charge in [-0.1, -0.05) is 19.9 Å². The van der Waals surface area contributed by atoms with Gasteiger partial charge in [0.2, 0.25) is 0 Å². The Bertz CT molecular complexity index is 414. The van der Waals surface area contributed by atoms with Gasteiger partial charge in [0.05, 0.1) is 6.54 Å². The fraction of sp³-hybridized carbons (Fsp3) is 0.462. The van der Waals surface area contributed by atoms with Crippen molar-refractivity contribution in [2.24, 2.45) is 5.41 Å². The van der Waals surface area contributed by atoms with Crippen molar-refractivity contribution in [2.75, 3.05) is 18.0 Å². The molecule has 0 amide bonds. The molecule has 0 N–H and O–H groups in total. The molecule has 0 aromatic heterocycles. The highest BCUT2D eigenvalue weighted by atomic mass is 19.1. The second-order valence-corrected chi connectivity index (χ2v) is 4.96. The summed E-state index contributed by atoms with van der Waals surface area (Å²) < 4.78 is 13.1. The van der Waals surface area contributed by atoms with Gasteiger partial charge in [-0.05, 0) is 24.6 Å². The normalized spacial score (nSPS) is 19.9. The minimum Gasteiger partial charge on any atom is -0.364 e. The van der Waals surface area contributed by atoms with Gasteiger partial charge in [0.25, 0.3) is 0 Å². The minimum atomic E-state index is -0.255. The van der Waals surface area contributed by atoms with Crippen LogP contribution >= 0.6 is 0 Å². The fourth-order valence-corrected chi connectivity index (χ4v) is 1.91. The number of rotatable bonds is 1. The SMILES string of the molecule is CC1(C)CCN(c2cccc(F)c2)CC1=O. The summed E-state index contributed by atoms with van der Waals surface area (Å²) in [6.45, 7) is 5.13. The molecule has 2 nitrogen and oxygen atoms in total. The zero-order valence-electron chi connectivity index (χ0n) is 9.66. The molecule has 16 heavy (non-hydrogen) atoms. The van der Waals surface area contributed by atoms with Gasteiger partial charge in [0.1, 0.15) is 5.82 Å². The Morgan fingerprint density at radius 2 is 2.12 bits per heavy atom. The Kier molecular flexibility index (Phi) is 2.70. The van der Waals surface area contributed by atoms with E-state index in [4.69, 9.17) is 0 Å². The smallest absolute Gasteiger partial charge is 0.157 e. The topological polar surface area (TPSA) is 20.3 Å². The summed E-state index contributed by atoms with van der Waals surface area (Å²) in [6, 6.07) is 6.41. The maximum Gasteiger partial charge on any atom is 0.157 e. The van der Waals surface area contributed by atoms with E-state index in [0.717, 1.165) is 18.7 Å². The lowest BCUT2D eigenvalue weighted by atomic mass is 9.81. The lowest BCUT2D eigenvalue weighted by Crippen LogP contribution is -2.45. The minimum absolute atomic E-state index is 0.225. The lowest BCUT2D eigenvalue weighted by Gasteiger charge is -2.36. The average Bonchev–Trinajstić information content (AvgIpc) is 2.22. The van der Waals surface area contributed by atoms with E-state index in [-0.39, 0.29) is 17.0 Å². The molecule has 3 heteroatoms. The number of nitrogens with zero attached hydrogens (tertiary/aromatic N) is 1. The van der Waals surface area contributed by atoms with Gasteiger partial charge in [-0.25, -0.2) is 4.39 Å². The van der Waals surface area contributed by atoms with Crippen LogP contribution in [0.1, 0.15) is 20.3 Å². The Morgan fingerprint density at radius 1 is 1.38 bits per heavy atom. The predicted molar refractivity (Wildman–Crippen MR) is 62.0 cm³/mol. The molecule has 0 spiro atoms. The summed E-state index contributed by atoms with van der Waals surface area (Å²) in [7, 11) is 0. The van der Waals surface area contributed by atoms with Crippen LogP contribution in [0.5, 0.6) is 0 Å². The largest absolute Gasteiger partial charge is 0.364 e. The molecular weight excluding hydrogens is 205 g/mol. The van der Waals surface area contributed by atoms with Crippen molar-refractivity contribution in [3.8, 4) is 0 Å². The first-order valence-electron chi connectivity index (χ1n) is 5.53. The monoisotopic (exact) mass is 221 g/mol. The number of hydrogen-bond donors (Lipinski definition) is 0. The second-order valence-electron chi connectivity index (χ2n) is 4.96. The van der Waals surface area contributed by atoms with Gasteiger partial charge in [0, 0.05) is 17.6 Å². The zero-order valence-corrected chi connectivity index (χ0v) is 9.66. The van der Waals surface area contributed by atoms with Crippen LogP contribution in [-0.2, 0) is 4.79 Å². The molecule has 2 rings (SSSR count). The molecule has 0 unspecified atom stereocenters. The molecule has 0 saturated carbocycles. The number of Topliss-reactive ketones (excluding diaryl/α,β-unsaturated/α-hetero) is 1. The van der Waals surface area contributed by atoms with Crippen molar-refractivity contribution < 1.29 is 9.18 Å². The molecule has 0 atom stereocenters. The maximum absolute atomic E-state index is 13.1. The summed E-state index contributed by atoms with van der Waals surface area (Å²) in [6.07, 6.45) is 0.822. The molecule has 1 aliphatic rings. The van der Waals surface area contributed by atoms with E-state index in [1.54, 1.807) is 6.07 Å². The third-order valence-corrected chi connectivity index (χ3v) is 3.27. The first-order valence-corrected chi connectivity index (χ1v) is 5.53. The van der Waals surface area contributed by atoms with E-state index in [9.17, 15) is 9.18 Å². The van der Waals surface area contributed by atoms with E-state index in [1.165, 1.54) is 12.1 Å². The van der Waals surface area contributed by atoms with Gasteiger partial charge in [-0.3, -0.25) is 4.79 Å². The van der Waals surface area contributed by atoms with Crippen LogP contribution in [-0.4, -0.2) is 18.9 Å². The molecule has 1 saturated heterocycles. The molecule has 1 heterocycles. The standard InChI is InChI=1S/C13H16FNO/c1-13(2)6-7-15(9-12(13)16)11-5-3-4-10(14)8-11/h3-5,8H,6-7,9H2,1-2H3. The van der Waals surface area contributed by atoms with Crippen LogP contribution < -0.4 is 4.90 Å². The summed E-state index contributed by atoms with van der Waals surface area (Å²) in [5.74, 6) is -0.0298. The Labute approximate surface area is 95.1 Å². The molecule has 1 fully saturated rings. The average molecular weight is 221 g/mol. The number of ketones is 1. The first-order chi connectivity index (χ1) is 7.49.